The van der Waals surface area contributed by atoms with Gasteiger partial charge in [-0.05, 0) is 31.4 Å². The van der Waals surface area contributed by atoms with Crippen LogP contribution in [0.1, 0.15) is 43.2 Å². The number of nitrogens with two attached hydrogens (primary N) is 1. The lowest BCUT2D eigenvalue weighted by molar-refractivity contribution is 0.287. The van der Waals surface area contributed by atoms with Gasteiger partial charge in [0.1, 0.15) is 5.75 Å². The van der Waals surface area contributed by atoms with E-state index in [2.05, 4.69) is 6.92 Å². The minimum absolute atomic E-state index is 0.00664. The zero-order valence-corrected chi connectivity index (χ0v) is 12.0. The molecule has 18 heavy (non-hydrogen) atoms. The molecule has 0 spiro atoms. The van der Waals surface area contributed by atoms with E-state index in [0.717, 1.165) is 34.7 Å². The van der Waals surface area contributed by atoms with Gasteiger partial charge in [-0.2, -0.15) is 0 Å². The SMILES string of the molecule is COc1c(C)ccc(Cl)c1C1(CN)CCCCC1. The fourth-order valence-corrected chi connectivity index (χ4v) is 3.55. The molecule has 0 aliphatic heterocycles. The molecule has 0 radical (unpaired) electrons. The number of methoxy groups -OCH3 is 1. The van der Waals surface area contributed by atoms with E-state index in [-0.39, 0.29) is 5.41 Å². The maximum Gasteiger partial charge on any atom is 0.127 e. The third kappa shape index (κ3) is 2.24. The van der Waals surface area contributed by atoms with Gasteiger partial charge in [0.05, 0.1) is 7.11 Å². The van der Waals surface area contributed by atoms with E-state index < -0.39 is 0 Å². The maximum atomic E-state index is 6.45. The molecule has 0 unspecified atom stereocenters. The van der Waals surface area contributed by atoms with Crippen molar-refractivity contribution in [1.82, 2.24) is 0 Å². The summed E-state index contributed by atoms with van der Waals surface area (Å²) >= 11 is 6.45. The highest BCUT2D eigenvalue weighted by atomic mass is 35.5. The molecule has 1 saturated carbocycles. The Bertz CT molecular complexity index is 425. The first-order chi connectivity index (χ1) is 8.64. The van der Waals surface area contributed by atoms with Gasteiger partial charge >= 0.3 is 0 Å². The predicted octanol–water partition coefficient (Wildman–Crippen LogP) is 3.82. The highest BCUT2D eigenvalue weighted by Gasteiger charge is 2.37. The van der Waals surface area contributed by atoms with Gasteiger partial charge in [-0.25, -0.2) is 0 Å². The number of hydrogen-bond acceptors (Lipinski definition) is 2. The second-order valence-electron chi connectivity index (χ2n) is 5.32. The zero-order valence-electron chi connectivity index (χ0n) is 11.3. The highest BCUT2D eigenvalue weighted by molar-refractivity contribution is 6.31. The van der Waals surface area contributed by atoms with Crippen LogP contribution in [0.4, 0.5) is 0 Å². The second-order valence-corrected chi connectivity index (χ2v) is 5.72. The van der Waals surface area contributed by atoms with Gasteiger partial charge in [0.15, 0.2) is 0 Å². The Morgan fingerprint density at radius 1 is 1.28 bits per heavy atom. The lowest BCUT2D eigenvalue weighted by Crippen LogP contribution is -2.37. The molecule has 2 nitrogen and oxygen atoms in total. The molecule has 1 aromatic carbocycles. The van der Waals surface area contributed by atoms with Gasteiger partial charge in [-0.15, -0.1) is 0 Å². The number of hydrogen-bond donors (Lipinski definition) is 1. The van der Waals surface area contributed by atoms with Crippen LogP contribution >= 0.6 is 11.6 Å². The first kappa shape index (κ1) is 13.7. The summed E-state index contributed by atoms with van der Waals surface area (Å²) in [4.78, 5) is 0. The molecular weight excluding hydrogens is 246 g/mol. The van der Waals surface area contributed by atoms with Gasteiger partial charge in [0, 0.05) is 22.5 Å². The van der Waals surface area contributed by atoms with Crippen molar-refractivity contribution >= 4 is 11.6 Å². The van der Waals surface area contributed by atoms with E-state index >= 15 is 0 Å². The quantitative estimate of drug-likeness (QED) is 0.904. The Balaban J connectivity index is 2.56. The fraction of sp³-hybridized carbons (Fsp3) is 0.600. The molecule has 3 heteroatoms. The van der Waals surface area contributed by atoms with E-state index in [9.17, 15) is 0 Å². The Labute approximate surface area is 114 Å². The summed E-state index contributed by atoms with van der Waals surface area (Å²) in [5.41, 5.74) is 8.37. The van der Waals surface area contributed by atoms with Gasteiger partial charge in [0.2, 0.25) is 0 Å². The normalized spacial score (nSPS) is 18.7. The van der Waals surface area contributed by atoms with E-state index in [1.165, 1.54) is 19.3 Å². The number of ether oxygens (including phenoxy) is 1. The van der Waals surface area contributed by atoms with Crippen molar-refractivity contribution in [3.8, 4) is 5.75 Å². The summed E-state index contributed by atoms with van der Waals surface area (Å²) in [5, 5.41) is 0.796. The van der Waals surface area contributed by atoms with Crippen molar-refractivity contribution in [3.63, 3.8) is 0 Å². The number of benzene rings is 1. The van der Waals surface area contributed by atoms with Crippen LogP contribution in [-0.2, 0) is 5.41 Å². The number of halogens is 1. The van der Waals surface area contributed by atoms with Crippen LogP contribution in [0.3, 0.4) is 0 Å². The van der Waals surface area contributed by atoms with E-state index in [1.54, 1.807) is 7.11 Å². The van der Waals surface area contributed by atoms with Crippen LogP contribution in [0.2, 0.25) is 5.02 Å². The summed E-state index contributed by atoms with van der Waals surface area (Å²) in [5.74, 6) is 0.926. The molecule has 2 N–H and O–H groups in total. The minimum Gasteiger partial charge on any atom is -0.496 e. The van der Waals surface area contributed by atoms with Crippen LogP contribution in [0, 0.1) is 6.92 Å². The Hall–Kier alpha value is -0.730. The monoisotopic (exact) mass is 267 g/mol. The second kappa shape index (κ2) is 5.50. The maximum absolute atomic E-state index is 6.45. The van der Waals surface area contributed by atoms with Gasteiger partial charge in [-0.1, -0.05) is 36.9 Å². The Morgan fingerprint density at radius 3 is 2.50 bits per heavy atom. The summed E-state index contributed by atoms with van der Waals surface area (Å²) in [6.45, 7) is 2.71. The molecule has 0 saturated heterocycles. The van der Waals surface area contributed by atoms with Crippen molar-refractivity contribution in [1.29, 1.82) is 0 Å². The summed E-state index contributed by atoms with van der Waals surface area (Å²) in [6, 6.07) is 3.98. The van der Waals surface area contributed by atoms with Crippen molar-refractivity contribution in [3.05, 3.63) is 28.3 Å². The van der Waals surface area contributed by atoms with Crippen molar-refractivity contribution in [2.45, 2.75) is 44.4 Å². The summed E-state index contributed by atoms with van der Waals surface area (Å²) < 4.78 is 5.60. The van der Waals surface area contributed by atoms with E-state index in [0.29, 0.717) is 6.54 Å². The third-order valence-corrected chi connectivity index (χ3v) is 4.55. The summed E-state index contributed by atoms with van der Waals surface area (Å²) in [7, 11) is 1.72. The molecule has 0 atom stereocenters. The van der Waals surface area contributed by atoms with Crippen molar-refractivity contribution < 1.29 is 4.74 Å². The van der Waals surface area contributed by atoms with Crippen LogP contribution in [0.25, 0.3) is 0 Å². The van der Waals surface area contributed by atoms with E-state index in [1.807, 2.05) is 12.1 Å². The molecule has 2 rings (SSSR count). The number of aryl methyl sites for hydroxylation is 1. The first-order valence-electron chi connectivity index (χ1n) is 6.68. The Morgan fingerprint density at radius 2 is 1.94 bits per heavy atom. The smallest absolute Gasteiger partial charge is 0.127 e. The average Bonchev–Trinajstić information content (AvgIpc) is 2.41. The van der Waals surface area contributed by atoms with Gasteiger partial charge < -0.3 is 10.5 Å². The molecule has 0 heterocycles. The zero-order chi connectivity index (χ0) is 13.2. The predicted molar refractivity (Wildman–Crippen MR) is 76.6 cm³/mol. The molecule has 1 aromatic rings. The Kier molecular flexibility index (Phi) is 4.18. The van der Waals surface area contributed by atoms with Gasteiger partial charge in [0.25, 0.3) is 0 Å². The minimum atomic E-state index is 0.00664. The first-order valence-corrected chi connectivity index (χ1v) is 7.06. The molecule has 100 valence electrons. The van der Waals surface area contributed by atoms with Crippen molar-refractivity contribution in [2.75, 3.05) is 13.7 Å². The molecular formula is C15H22ClNO. The van der Waals surface area contributed by atoms with Crippen LogP contribution in [-0.4, -0.2) is 13.7 Å². The molecule has 0 bridgehead atoms. The lowest BCUT2D eigenvalue weighted by Gasteiger charge is -2.38. The average molecular weight is 268 g/mol. The number of rotatable bonds is 3. The standard InChI is InChI=1S/C15H22ClNO/c1-11-6-7-12(16)13(14(11)18-2)15(10-17)8-4-3-5-9-15/h6-7H,3-5,8-10,17H2,1-2H3. The highest BCUT2D eigenvalue weighted by Crippen LogP contribution is 2.46. The topological polar surface area (TPSA) is 35.2 Å². The molecule has 1 fully saturated rings. The van der Waals surface area contributed by atoms with Crippen LogP contribution in [0.5, 0.6) is 5.75 Å². The van der Waals surface area contributed by atoms with Crippen LogP contribution in [0.15, 0.2) is 12.1 Å². The largest absolute Gasteiger partial charge is 0.496 e. The molecule has 0 amide bonds. The van der Waals surface area contributed by atoms with Crippen molar-refractivity contribution in [2.24, 2.45) is 5.73 Å². The van der Waals surface area contributed by atoms with Crippen LogP contribution < -0.4 is 10.5 Å². The molecule has 1 aliphatic carbocycles. The molecule has 1 aliphatic rings. The fourth-order valence-electron chi connectivity index (χ4n) is 3.20. The third-order valence-electron chi connectivity index (χ3n) is 4.24. The van der Waals surface area contributed by atoms with Gasteiger partial charge in [-0.3, -0.25) is 0 Å². The van der Waals surface area contributed by atoms with E-state index in [4.69, 9.17) is 22.1 Å². The molecule has 0 aromatic heterocycles. The summed E-state index contributed by atoms with van der Waals surface area (Å²) in [6.07, 6.45) is 5.98. The lowest BCUT2D eigenvalue weighted by atomic mass is 9.69.